The van der Waals surface area contributed by atoms with Gasteiger partial charge >= 0.3 is 0 Å². The van der Waals surface area contributed by atoms with E-state index in [2.05, 4.69) is 49.3 Å². The smallest absolute Gasteiger partial charge is 0.280 e. The van der Waals surface area contributed by atoms with Gasteiger partial charge in [0, 0.05) is 25.3 Å². The molecule has 11 nitrogen and oxygen atoms in total. The summed E-state index contributed by atoms with van der Waals surface area (Å²) in [5.41, 5.74) is 20.5. The van der Waals surface area contributed by atoms with Crippen LogP contribution < -0.4 is 27.4 Å². The van der Waals surface area contributed by atoms with E-state index in [4.69, 9.17) is 28.8 Å². The van der Waals surface area contributed by atoms with Gasteiger partial charge in [-0.1, -0.05) is 23.7 Å². The Kier molecular flexibility index (Phi) is 9.12. The van der Waals surface area contributed by atoms with E-state index in [0.29, 0.717) is 13.0 Å². The van der Waals surface area contributed by atoms with Gasteiger partial charge < -0.3 is 22.1 Å². The largest absolute Gasteiger partial charge is 0.382 e. The van der Waals surface area contributed by atoms with Crippen LogP contribution in [0.3, 0.4) is 0 Å². The molecule has 3 rings (SSSR count). The number of hydrogen-bond acceptors (Lipinski definition) is 9. The van der Waals surface area contributed by atoms with Crippen molar-refractivity contribution < 1.29 is 4.79 Å². The third kappa shape index (κ3) is 7.12. The average molecular weight is 509 g/mol. The number of carbonyl (C=O) groups is 1. The first kappa shape index (κ1) is 26.4. The summed E-state index contributed by atoms with van der Waals surface area (Å²) in [6.07, 6.45) is 0.608. The number of nitrogens with one attached hydrogen (secondary N) is 1. The third-order valence-corrected chi connectivity index (χ3v) is 5.52. The third-order valence-electron chi connectivity index (χ3n) is 5.24. The van der Waals surface area contributed by atoms with Crippen LogP contribution in [0.4, 0.5) is 28.7 Å². The molecule has 0 fully saturated rings. The zero-order valence-electron chi connectivity index (χ0n) is 20.1. The molecule has 0 saturated carbocycles. The molecular formula is C24H29ClN10O. The number of hydrogen-bond donors (Lipinski definition) is 4. The van der Waals surface area contributed by atoms with Crippen LogP contribution in [0.25, 0.3) is 0 Å². The molecule has 188 valence electrons. The number of aromatic nitrogens is 2. The summed E-state index contributed by atoms with van der Waals surface area (Å²) in [4.78, 5) is 26.3. The lowest BCUT2D eigenvalue weighted by Gasteiger charge is -2.20. The molecule has 0 unspecified atom stereocenters. The van der Waals surface area contributed by atoms with Crippen molar-refractivity contribution in [3.63, 3.8) is 0 Å². The van der Waals surface area contributed by atoms with E-state index in [1.807, 2.05) is 48.5 Å². The van der Waals surface area contributed by atoms with E-state index in [9.17, 15) is 4.79 Å². The van der Waals surface area contributed by atoms with Gasteiger partial charge in [0.15, 0.2) is 28.4 Å². The molecule has 2 aromatic carbocycles. The number of anilines is 3. The van der Waals surface area contributed by atoms with Gasteiger partial charge in [0.2, 0.25) is 0 Å². The number of guanidine groups is 1. The summed E-state index contributed by atoms with van der Waals surface area (Å²) in [6, 6.07) is 15.6. The Morgan fingerprint density at radius 2 is 1.53 bits per heavy atom. The topological polar surface area (TPSA) is 173 Å². The normalized spacial score (nSPS) is 11.6. The summed E-state index contributed by atoms with van der Waals surface area (Å²) in [7, 11) is 0. The fraction of sp³-hybridized carbons (Fsp3) is 0.250. The first-order valence-electron chi connectivity index (χ1n) is 11.4. The number of benzene rings is 2. The minimum atomic E-state index is -0.680. The lowest BCUT2D eigenvalue weighted by atomic mass is 10.1. The van der Waals surface area contributed by atoms with Crippen molar-refractivity contribution in [3.05, 3.63) is 64.9 Å². The molecule has 0 spiro atoms. The predicted molar refractivity (Wildman–Crippen MR) is 144 cm³/mol. The highest BCUT2D eigenvalue weighted by atomic mass is 35.5. The van der Waals surface area contributed by atoms with Crippen molar-refractivity contribution in [2.24, 2.45) is 21.0 Å². The minimum Gasteiger partial charge on any atom is -0.382 e. The lowest BCUT2D eigenvalue weighted by molar-refractivity contribution is 0.0972. The quantitative estimate of drug-likeness (QED) is 0.193. The Labute approximate surface area is 214 Å². The summed E-state index contributed by atoms with van der Waals surface area (Å²) in [5, 5.41) is 10.9. The Balaban J connectivity index is 1.51. The second kappa shape index (κ2) is 12.5. The van der Waals surface area contributed by atoms with Crippen LogP contribution >= 0.6 is 11.6 Å². The SMILES string of the molecule is CCN(CC)c1ccc(N=Nc2ccc(CCN=C(N)NC(=O)c3nc(Cl)c(N)nc3N)cc2)cc1. The van der Waals surface area contributed by atoms with Crippen LogP contribution in [0.5, 0.6) is 0 Å². The van der Waals surface area contributed by atoms with Crippen LogP contribution in [0.2, 0.25) is 5.15 Å². The van der Waals surface area contributed by atoms with Gasteiger partial charge in [-0.25, -0.2) is 9.97 Å². The molecule has 0 atom stereocenters. The maximum Gasteiger partial charge on any atom is 0.280 e. The number of halogens is 1. The van der Waals surface area contributed by atoms with E-state index < -0.39 is 5.91 Å². The summed E-state index contributed by atoms with van der Waals surface area (Å²) < 4.78 is 0. The fourth-order valence-corrected chi connectivity index (χ4v) is 3.42. The van der Waals surface area contributed by atoms with Crippen molar-refractivity contribution in [2.75, 3.05) is 36.0 Å². The first-order valence-corrected chi connectivity index (χ1v) is 11.7. The highest BCUT2D eigenvalue weighted by molar-refractivity contribution is 6.31. The Bertz CT molecular complexity index is 1240. The van der Waals surface area contributed by atoms with Crippen molar-refractivity contribution in [1.82, 2.24) is 15.3 Å². The van der Waals surface area contributed by atoms with Gasteiger partial charge in [0.25, 0.3) is 5.91 Å². The zero-order valence-corrected chi connectivity index (χ0v) is 20.9. The predicted octanol–water partition coefficient (Wildman–Crippen LogP) is 3.84. The molecule has 12 heteroatoms. The molecule has 0 bridgehead atoms. The van der Waals surface area contributed by atoms with E-state index in [0.717, 1.165) is 30.0 Å². The van der Waals surface area contributed by atoms with Gasteiger partial charge in [-0.15, -0.1) is 0 Å². The highest BCUT2D eigenvalue weighted by Crippen LogP contribution is 2.22. The van der Waals surface area contributed by atoms with Gasteiger partial charge in [0.1, 0.15) is 0 Å². The van der Waals surface area contributed by atoms with Crippen molar-refractivity contribution in [1.29, 1.82) is 0 Å². The average Bonchev–Trinajstić information content (AvgIpc) is 2.87. The maximum atomic E-state index is 12.3. The van der Waals surface area contributed by atoms with E-state index in [1.165, 1.54) is 5.69 Å². The maximum absolute atomic E-state index is 12.3. The van der Waals surface area contributed by atoms with Gasteiger partial charge in [-0.2, -0.15) is 10.2 Å². The number of nitrogens with two attached hydrogens (primary N) is 3. The van der Waals surface area contributed by atoms with Crippen LogP contribution in [0, 0.1) is 0 Å². The molecule has 36 heavy (non-hydrogen) atoms. The lowest BCUT2D eigenvalue weighted by Crippen LogP contribution is -2.38. The molecule has 0 aliphatic carbocycles. The summed E-state index contributed by atoms with van der Waals surface area (Å²) in [5.74, 6) is -0.979. The second-order valence-corrected chi connectivity index (χ2v) is 8.02. The standard InChI is InChI=1S/C24H29ClN10O/c1-3-35(4-2)18-11-9-17(10-12-18)34-33-16-7-5-15(6-8-16)13-14-29-24(28)32-23(36)19-21(26)31-22(27)20(25)30-19/h5-12H,3-4,13-14H2,1-2H3,(H4,26,27,31)(H3,28,29,32,36). The minimum absolute atomic E-state index is 0.0654. The molecule has 0 saturated heterocycles. The summed E-state index contributed by atoms with van der Waals surface area (Å²) >= 11 is 5.80. The van der Waals surface area contributed by atoms with Crippen LogP contribution in [0.1, 0.15) is 29.9 Å². The molecular weight excluding hydrogens is 480 g/mol. The fourth-order valence-electron chi connectivity index (χ4n) is 3.29. The number of carbonyl (C=O) groups excluding carboxylic acids is 1. The van der Waals surface area contributed by atoms with Crippen LogP contribution in [-0.2, 0) is 6.42 Å². The first-order chi connectivity index (χ1) is 17.3. The highest BCUT2D eigenvalue weighted by Gasteiger charge is 2.16. The number of rotatable bonds is 9. The van der Waals surface area contributed by atoms with Gasteiger partial charge in [-0.05, 0) is 62.2 Å². The van der Waals surface area contributed by atoms with E-state index >= 15 is 0 Å². The molecule has 0 aliphatic heterocycles. The number of nitrogen functional groups attached to an aromatic ring is 2. The van der Waals surface area contributed by atoms with Crippen molar-refractivity contribution in [3.8, 4) is 0 Å². The van der Waals surface area contributed by atoms with E-state index in [-0.39, 0.29) is 28.4 Å². The van der Waals surface area contributed by atoms with Crippen LogP contribution in [0.15, 0.2) is 63.8 Å². The molecule has 0 aliphatic rings. The molecule has 1 aromatic heterocycles. The Morgan fingerprint density at radius 1 is 0.944 bits per heavy atom. The van der Waals surface area contributed by atoms with E-state index in [1.54, 1.807) is 0 Å². The van der Waals surface area contributed by atoms with Gasteiger partial charge in [-0.3, -0.25) is 15.1 Å². The Morgan fingerprint density at radius 3 is 2.11 bits per heavy atom. The van der Waals surface area contributed by atoms with Gasteiger partial charge in [0.05, 0.1) is 11.4 Å². The Hall–Kier alpha value is -4.25. The van der Waals surface area contributed by atoms with Crippen LogP contribution in [-0.4, -0.2) is 41.5 Å². The number of azo groups is 1. The molecule has 0 radical (unpaired) electrons. The second-order valence-electron chi connectivity index (χ2n) is 7.66. The number of amides is 1. The monoisotopic (exact) mass is 508 g/mol. The molecule has 1 heterocycles. The molecule has 3 aromatic rings. The molecule has 1 amide bonds. The van der Waals surface area contributed by atoms with Crippen molar-refractivity contribution >= 4 is 52.2 Å². The number of aliphatic imine (C=N–C) groups is 1. The number of nitrogens with zero attached hydrogens (tertiary/aromatic N) is 6. The summed E-state index contributed by atoms with van der Waals surface area (Å²) in [6.45, 7) is 6.53. The molecule has 7 N–H and O–H groups in total. The zero-order chi connectivity index (χ0) is 26.1. The van der Waals surface area contributed by atoms with Crippen molar-refractivity contribution in [2.45, 2.75) is 20.3 Å².